The van der Waals surface area contributed by atoms with Crippen LogP contribution in [0.3, 0.4) is 0 Å². The molecule has 2 N–H and O–H groups in total. The minimum atomic E-state index is -0.451. The van der Waals surface area contributed by atoms with Crippen molar-refractivity contribution in [3.8, 4) is 0 Å². The van der Waals surface area contributed by atoms with Gasteiger partial charge in [-0.15, -0.1) is 0 Å². The maximum absolute atomic E-state index is 12.9. The van der Waals surface area contributed by atoms with Crippen LogP contribution in [0.4, 0.5) is 0 Å². The summed E-state index contributed by atoms with van der Waals surface area (Å²) >= 11 is 0. The van der Waals surface area contributed by atoms with Gasteiger partial charge >= 0.3 is 0 Å². The third kappa shape index (κ3) is 10.5. The summed E-state index contributed by atoms with van der Waals surface area (Å²) in [6.45, 7) is 15.5. The van der Waals surface area contributed by atoms with Crippen LogP contribution < -0.4 is 10.6 Å². The highest BCUT2D eigenvalue weighted by Crippen LogP contribution is 2.13. The van der Waals surface area contributed by atoms with E-state index in [2.05, 4.69) is 10.6 Å². The zero-order valence-electron chi connectivity index (χ0n) is 19.2. The molecule has 0 fully saturated rings. The lowest BCUT2D eigenvalue weighted by Gasteiger charge is -2.32. The molecule has 0 aromatic rings. The fraction of sp³-hybridized carbons (Fsp3) is 0.905. The molecule has 166 valence electrons. The highest BCUT2D eigenvalue weighted by atomic mass is 16.5. The predicted octanol–water partition coefficient (Wildman–Crippen LogP) is 1.56. The Morgan fingerprint density at radius 1 is 0.893 bits per heavy atom. The first-order valence-corrected chi connectivity index (χ1v) is 10.5. The van der Waals surface area contributed by atoms with Crippen LogP contribution in [0.25, 0.3) is 0 Å². The summed E-state index contributed by atoms with van der Waals surface area (Å²) in [5, 5.41) is 6.01. The molecule has 0 unspecified atom stereocenters. The maximum atomic E-state index is 12.9. The Kier molecular flexibility index (Phi) is 14.4. The van der Waals surface area contributed by atoms with Crippen LogP contribution >= 0.6 is 0 Å². The van der Waals surface area contributed by atoms with Crippen LogP contribution in [0.2, 0.25) is 0 Å². The summed E-state index contributed by atoms with van der Waals surface area (Å²) in [7, 11) is 3.81. The summed E-state index contributed by atoms with van der Waals surface area (Å²) in [5.74, 6) is 0.0578. The molecule has 0 aliphatic rings. The van der Waals surface area contributed by atoms with Gasteiger partial charge in [-0.3, -0.25) is 14.5 Å². The first-order chi connectivity index (χ1) is 13.1. The molecule has 28 heavy (non-hydrogen) atoms. The van der Waals surface area contributed by atoms with Crippen molar-refractivity contribution >= 4 is 11.7 Å². The fourth-order valence-electron chi connectivity index (χ4n) is 3.02. The van der Waals surface area contributed by atoms with Gasteiger partial charge in [-0.1, -0.05) is 41.5 Å². The van der Waals surface area contributed by atoms with E-state index in [1.54, 1.807) is 0 Å². The van der Waals surface area contributed by atoms with E-state index >= 15 is 0 Å². The molecule has 7 nitrogen and oxygen atoms in total. The van der Waals surface area contributed by atoms with Crippen molar-refractivity contribution in [1.29, 1.82) is 0 Å². The van der Waals surface area contributed by atoms with Gasteiger partial charge in [0.15, 0.2) is 5.78 Å². The Balaban J connectivity index is 4.57. The monoisotopic (exact) mass is 401 g/mol. The van der Waals surface area contributed by atoms with Crippen molar-refractivity contribution in [3.63, 3.8) is 0 Å². The number of amides is 1. The van der Waals surface area contributed by atoms with Gasteiger partial charge in [-0.2, -0.15) is 0 Å². The molecule has 0 aromatic carbocycles. The molecule has 0 heterocycles. The quantitative estimate of drug-likeness (QED) is 0.382. The van der Waals surface area contributed by atoms with Crippen LogP contribution in [-0.4, -0.2) is 82.3 Å². The number of Topliss-reactive ketones (excluding diaryl/α,β-unsaturated/α-hetero) is 1. The van der Waals surface area contributed by atoms with Crippen molar-refractivity contribution in [3.05, 3.63) is 0 Å². The molecule has 2 atom stereocenters. The molecule has 0 radical (unpaired) electrons. The van der Waals surface area contributed by atoms with Crippen molar-refractivity contribution in [2.24, 2.45) is 17.8 Å². The minimum absolute atomic E-state index is 0.0585. The fourth-order valence-corrected chi connectivity index (χ4v) is 3.02. The normalized spacial score (nSPS) is 14.1. The largest absolute Gasteiger partial charge is 0.378 e. The first-order valence-electron chi connectivity index (χ1n) is 10.5. The second-order valence-corrected chi connectivity index (χ2v) is 8.29. The van der Waals surface area contributed by atoms with Gasteiger partial charge in [0.05, 0.1) is 38.5 Å². The molecule has 0 saturated heterocycles. The third-order valence-corrected chi connectivity index (χ3v) is 4.67. The minimum Gasteiger partial charge on any atom is -0.378 e. The van der Waals surface area contributed by atoms with Crippen LogP contribution in [0.5, 0.6) is 0 Å². The maximum Gasteiger partial charge on any atom is 0.238 e. The van der Waals surface area contributed by atoms with E-state index in [1.165, 1.54) is 0 Å². The lowest BCUT2D eigenvalue weighted by molar-refractivity contribution is -0.134. The van der Waals surface area contributed by atoms with E-state index in [0.717, 1.165) is 6.54 Å². The Morgan fingerprint density at radius 3 is 1.93 bits per heavy atom. The topological polar surface area (TPSA) is 79.9 Å². The summed E-state index contributed by atoms with van der Waals surface area (Å²) in [5.41, 5.74) is 0. The lowest BCUT2D eigenvalue weighted by atomic mass is 9.92. The number of carbonyl (C=O) groups excluding carboxylic acids is 2. The van der Waals surface area contributed by atoms with Crippen molar-refractivity contribution in [2.45, 2.75) is 53.6 Å². The Bertz CT molecular complexity index is 441. The van der Waals surface area contributed by atoms with Crippen LogP contribution in [-0.2, 0) is 19.1 Å². The van der Waals surface area contributed by atoms with Gasteiger partial charge in [0.1, 0.15) is 0 Å². The second-order valence-electron chi connectivity index (χ2n) is 8.29. The molecule has 0 aliphatic carbocycles. The van der Waals surface area contributed by atoms with E-state index in [4.69, 9.17) is 9.47 Å². The van der Waals surface area contributed by atoms with Crippen molar-refractivity contribution in [1.82, 2.24) is 15.5 Å². The number of rotatable bonds is 16. The number of nitrogens with one attached hydrogen (secondary N) is 2. The van der Waals surface area contributed by atoms with Gasteiger partial charge < -0.3 is 20.1 Å². The molecule has 0 saturated carbocycles. The Labute approximate surface area is 171 Å². The molecule has 0 rings (SSSR count). The summed E-state index contributed by atoms with van der Waals surface area (Å²) in [6, 6.07) is -0.759. The summed E-state index contributed by atoms with van der Waals surface area (Å²) in [4.78, 5) is 27.4. The number of hydrogen-bond acceptors (Lipinski definition) is 6. The smallest absolute Gasteiger partial charge is 0.238 e. The van der Waals surface area contributed by atoms with Gasteiger partial charge in [-0.05, 0) is 25.9 Å². The average Bonchev–Trinajstić information content (AvgIpc) is 2.60. The van der Waals surface area contributed by atoms with Gasteiger partial charge in [-0.25, -0.2) is 0 Å². The zero-order valence-corrected chi connectivity index (χ0v) is 19.2. The highest BCUT2D eigenvalue weighted by molar-refractivity contribution is 5.92. The van der Waals surface area contributed by atoms with Crippen LogP contribution in [0, 0.1) is 17.8 Å². The summed E-state index contributed by atoms with van der Waals surface area (Å²) in [6.07, 6.45) is 0. The number of nitrogens with zero attached hydrogens (tertiary/aromatic N) is 1. The Morgan fingerprint density at radius 2 is 1.46 bits per heavy atom. The van der Waals surface area contributed by atoms with Crippen LogP contribution in [0.15, 0.2) is 0 Å². The molecule has 0 aromatic heterocycles. The molecule has 0 bridgehead atoms. The van der Waals surface area contributed by atoms with E-state index in [0.29, 0.717) is 33.0 Å². The van der Waals surface area contributed by atoms with E-state index in [9.17, 15) is 9.59 Å². The van der Waals surface area contributed by atoms with Crippen molar-refractivity contribution in [2.75, 3.05) is 53.6 Å². The second kappa shape index (κ2) is 14.9. The van der Waals surface area contributed by atoms with E-state index < -0.39 is 6.04 Å². The molecular formula is C21H43N3O4. The summed E-state index contributed by atoms with van der Waals surface area (Å²) < 4.78 is 11.0. The van der Waals surface area contributed by atoms with E-state index in [1.807, 2.05) is 60.5 Å². The SMILES string of the molecule is CNCCOCCOCCN(C)[C@H](C(=O)N[C@H](C(=O)C(C)C)C(C)C)C(C)C. The first kappa shape index (κ1) is 27.0. The van der Waals surface area contributed by atoms with Gasteiger partial charge in [0.2, 0.25) is 5.91 Å². The predicted molar refractivity (Wildman–Crippen MR) is 113 cm³/mol. The van der Waals surface area contributed by atoms with E-state index in [-0.39, 0.29) is 35.5 Å². The average molecular weight is 402 g/mol. The Hall–Kier alpha value is -1.02. The zero-order chi connectivity index (χ0) is 21.7. The number of hydrogen-bond donors (Lipinski definition) is 2. The van der Waals surface area contributed by atoms with Gasteiger partial charge in [0, 0.05) is 19.0 Å². The molecule has 0 spiro atoms. The third-order valence-electron chi connectivity index (χ3n) is 4.67. The standard InChI is InChI=1S/C21H43N3O4/c1-15(2)18(20(25)17(5)6)23-21(26)19(16(3)4)24(8)10-12-28-14-13-27-11-9-22-7/h15-19,22H,9-14H2,1-8H3,(H,23,26)/t18-,19-/m0/s1. The molecule has 0 aliphatic heterocycles. The number of ether oxygens (including phenoxy) is 2. The number of carbonyl (C=O) groups is 2. The highest BCUT2D eigenvalue weighted by Gasteiger charge is 2.32. The number of ketones is 1. The molecule has 1 amide bonds. The molecule has 7 heteroatoms. The lowest BCUT2D eigenvalue weighted by Crippen LogP contribution is -2.55. The van der Waals surface area contributed by atoms with Crippen LogP contribution in [0.1, 0.15) is 41.5 Å². The molecular weight excluding hydrogens is 358 g/mol. The van der Waals surface area contributed by atoms with Gasteiger partial charge in [0.25, 0.3) is 0 Å². The van der Waals surface area contributed by atoms with Crippen molar-refractivity contribution < 1.29 is 19.1 Å². The number of likely N-dealkylation sites (N-methyl/N-ethyl adjacent to an activating group) is 2.